The van der Waals surface area contributed by atoms with Crippen molar-refractivity contribution >= 4 is 0 Å². The molecule has 37 valence electrons. The Bertz CT molecular complexity index is 25.2. The van der Waals surface area contributed by atoms with Crippen LogP contribution in [0.5, 0.6) is 0 Å². The third kappa shape index (κ3) is 2.14. The van der Waals surface area contributed by atoms with Crippen molar-refractivity contribution in [1.82, 2.24) is 0 Å². The monoisotopic (exact) mass is 91.0 g/mol. The Morgan fingerprint density at radius 3 is 1.67 bits per heavy atom. The topological polar surface area (TPSA) is 38.7 Å². The van der Waals surface area contributed by atoms with E-state index in [0.29, 0.717) is 0 Å². The second-order valence-electron chi connectivity index (χ2n) is 0.674. The molecule has 0 aliphatic carbocycles. The van der Waals surface area contributed by atoms with E-state index in [1.807, 2.05) is 0 Å². The van der Waals surface area contributed by atoms with Crippen LogP contribution in [0.3, 0.4) is 0 Å². The SMILES string of the molecule is CO[C](O)OC. The molecular formula is C3H7O3. The second kappa shape index (κ2) is 3.08. The summed E-state index contributed by atoms with van der Waals surface area (Å²) in [7, 11) is 2.64. The molecule has 0 bridgehead atoms. The summed E-state index contributed by atoms with van der Waals surface area (Å²) < 4.78 is 8.30. The van der Waals surface area contributed by atoms with Crippen molar-refractivity contribution in [3.05, 3.63) is 6.48 Å². The molecule has 0 aliphatic rings. The highest BCUT2D eigenvalue weighted by atomic mass is 16.8. The first-order valence-corrected chi connectivity index (χ1v) is 1.45. The van der Waals surface area contributed by atoms with E-state index in [1.165, 1.54) is 14.2 Å². The number of ether oxygens (including phenoxy) is 2. The highest BCUT2D eigenvalue weighted by molar-refractivity contribution is 4.31. The summed E-state index contributed by atoms with van der Waals surface area (Å²) in [4.78, 5) is 0. The maximum Gasteiger partial charge on any atom is 0.367 e. The molecule has 3 nitrogen and oxygen atoms in total. The van der Waals surface area contributed by atoms with Crippen molar-refractivity contribution in [2.75, 3.05) is 14.2 Å². The summed E-state index contributed by atoms with van der Waals surface area (Å²) >= 11 is 0. The predicted molar refractivity (Wildman–Crippen MR) is 19.2 cm³/mol. The predicted octanol–water partition coefficient (Wildman–Crippen LogP) is 0.0987. The molecule has 0 saturated heterocycles. The number of aliphatic hydroxyl groups is 1. The first-order chi connectivity index (χ1) is 2.81. The van der Waals surface area contributed by atoms with E-state index in [1.54, 1.807) is 0 Å². The molecule has 6 heavy (non-hydrogen) atoms. The molecule has 0 aromatic heterocycles. The van der Waals surface area contributed by atoms with Gasteiger partial charge < -0.3 is 14.6 Å². The Hall–Kier alpha value is -0.120. The lowest BCUT2D eigenvalue weighted by Crippen LogP contribution is -1.98. The van der Waals surface area contributed by atoms with Gasteiger partial charge in [0, 0.05) is 14.2 Å². The standard InChI is InChI=1S/C3H7O3/c1-5-3(4)6-2/h4H,1-2H3. The summed E-state index contributed by atoms with van der Waals surface area (Å²) in [6.07, 6.45) is 0. The maximum atomic E-state index is 8.14. The van der Waals surface area contributed by atoms with Crippen LogP contribution in [0.1, 0.15) is 0 Å². The van der Waals surface area contributed by atoms with Crippen LogP contribution in [0, 0.1) is 6.48 Å². The molecule has 0 heterocycles. The van der Waals surface area contributed by atoms with Crippen LogP contribution in [0.15, 0.2) is 0 Å². The Labute approximate surface area is 36.5 Å². The molecule has 0 aliphatic heterocycles. The van der Waals surface area contributed by atoms with Crippen LogP contribution >= 0.6 is 0 Å². The first-order valence-electron chi connectivity index (χ1n) is 1.45. The fraction of sp³-hybridized carbons (Fsp3) is 0.667. The van der Waals surface area contributed by atoms with Crippen molar-refractivity contribution in [2.24, 2.45) is 0 Å². The third-order valence-corrected chi connectivity index (χ3v) is 0.349. The lowest BCUT2D eigenvalue weighted by molar-refractivity contribution is -0.125. The highest BCUT2D eigenvalue weighted by Gasteiger charge is 1.95. The quantitative estimate of drug-likeness (QED) is 0.523. The molecular weight excluding hydrogens is 84.0 g/mol. The largest absolute Gasteiger partial charge is 0.367 e. The molecule has 0 saturated carbocycles. The summed E-state index contributed by atoms with van der Waals surface area (Å²) in [6, 6.07) is 0. The summed E-state index contributed by atoms with van der Waals surface area (Å²) in [5.74, 6) is 0. The number of methoxy groups -OCH3 is 2. The molecule has 0 atom stereocenters. The molecule has 0 fully saturated rings. The zero-order chi connectivity index (χ0) is 4.99. The Balaban J connectivity index is 2.75. The van der Waals surface area contributed by atoms with Crippen molar-refractivity contribution in [3.63, 3.8) is 0 Å². The van der Waals surface area contributed by atoms with E-state index in [9.17, 15) is 0 Å². The van der Waals surface area contributed by atoms with Gasteiger partial charge in [-0.3, -0.25) is 0 Å². The third-order valence-electron chi connectivity index (χ3n) is 0.349. The van der Waals surface area contributed by atoms with Gasteiger partial charge >= 0.3 is 6.48 Å². The minimum absolute atomic E-state index is 0.407. The minimum Gasteiger partial charge on any atom is -0.337 e. The molecule has 0 spiro atoms. The van der Waals surface area contributed by atoms with Gasteiger partial charge in [-0.25, -0.2) is 0 Å². The van der Waals surface area contributed by atoms with E-state index in [0.717, 1.165) is 0 Å². The van der Waals surface area contributed by atoms with E-state index < -0.39 is 6.48 Å². The smallest absolute Gasteiger partial charge is 0.337 e. The van der Waals surface area contributed by atoms with Crippen LogP contribution in [0.4, 0.5) is 0 Å². The average Bonchev–Trinajstić information content (AvgIpc) is 1.65. The zero-order valence-electron chi connectivity index (χ0n) is 3.76. The first kappa shape index (κ1) is 5.88. The minimum atomic E-state index is -0.407. The highest BCUT2D eigenvalue weighted by Crippen LogP contribution is 1.89. The van der Waals surface area contributed by atoms with E-state index in [4.69, 9.17) is 5.11 Å². The van der Waals surface area contributed by atoms with Gasteiger partial charge in [-0.05, 0) is 0 Å². The van der Waals surface area contributed by atoms with Crippen molar-refractivity contribution < 1.29 is 14.6 Å². The Morgan fingerprint density at radius 1 is 1.33 bits per heavy atom. The van der Waals surface area contributed by atoms with Crippen LogP contribution < -0.4 is 0 Å². The van der Waals surface area contributed by atoms with Gasteiger partial charge in [-0.15, -0.1) is 0 Å². The van der Waals surface area contributed by atoms with Gasteiger partial charge in [0.25, 0.3) is 0 Å². The summed E-state index contributed by atoms with van der Waals surface area (Å²) in [5, 5.41) is 8.14. The fourth-order valence-electron chi connectivity index (χ4n) is 0.0833. The summed E-state index contributed by atoms with van der Waals surface area (Å²) in [6.45, 7) is -0.407. The van der Waals surface area contributed by atoms with Gasteiger partial charge in [0.2, 0.25) is 0 Å². The van der Waals surface area contributed by atoms with Gasteiger partial charge in [0.05, 0.1) is 0 Å². The van der Waals surface area contributed by atoms with Crippen molar-refractivity contribution in [3.8, 4) is 0 Å². The zero-order valence-corrected chi connectivity index (χ0v) is 3.76. The van der Waals surface area contributed by atoms with Crippen LogP contribution in [-0.2, 0) is 9.47 Å². The lowest BCUT2D eigenvalue weighted by atomic mass is 11.2. The van der Waals surface area contributed by atoms with E-state index in [-0.39, 0.29) is 0 Å². The number of rotatable bonds is 2. The van der Waals surface area contributed by atoms with Crippen LogP contribution in [-0.4, -0.2) is 19.3 Å². The average molecular weight is 91.1 g/mol. The molecule has 1 radical (unpaired) electrons. The lowest BCUT2D eigenvalue weighted by Gasteiger charge is -1.97. The van der Waals surface area contributed by atoms with E-state index in [2.05, 4.69) is 9.47 Å². The van der Waals surface area contributed by atoms with Crippen LogP contribution in [0.2, 0.25) is 0 Å². The molecule has 0 rings (SSSR count). The molecule has 0 aromatic rings. The van der Waals surface area contributed by atoms with E-state index >= 15 is 0 Å². The van der Waals surface area contributed by atoms with Crippen molar-refractivity contribution in [1.29, 1.82) is 0 Å². The normalized spacial score (nSPS) is 10.0. The maximum absolute atomic E-state index is 8.14. The van der Waals surface area contributed by atoms with Gasteiger partial charge in [-0.1, -0.05) is 0 Å². The van der Waals surface area contributed by atoms with Gasteiger partial charge in [0.1, 0.15) is 0 Å². The van der Waals surface area contributed by atoms with Gasteiger partial charge in [-0.2, -0.15) is 0 Å². The molecule has 3 heteroatoms. The fourth-order valence-corrected chi connectivity index (χ4v) is 0.0833. The van der Waals surface area contributed by atoms with Gasteiger partial charge in [0.15, 0.2) is 0 Å². The number of hydrogen-bond acceptors (Lipinski definition) is 3. The second-order valence-corrected chi connectivity index (χ2v) is 0.674. The Morgan fingerprint density at radius 2 is 1.67 bits per heavy atom. The molecule has 0 aromatic carbocycles. The number of aliphatic hydroxyl groups excluding tert-OH is 1. The number of hydrogen-bond donors (Lipinski definition) is 1. The molecule has 0 amide bonds. The molecule has 0 unspecified atom stereocenters. The molecule has 1 N–H and O–H groups in total. The van der Waals surface area contributed by atoms with Crippen molar-refractivity contribution in [2.45, 2.75) is 0 Å². The Kier molecular flexibility index (Phi) is 3.02. The summed E-state index contributed by atoms with van der Waals surface area (Å²) in [5.41, 5.74) is 0. The van der Waals surface area contributed by atoms with Crippen LogP contribution in [0.25, 0.3) is 0 Å².